The Kier molecular flexibility index (Phi) is 2.92. The van der Waals surface area contributed by atoms with E-state index in [1.807, 2.05) is 0 Å². The van der Waals surface area contributed by atoms with Crippen molar-refractivity contribution in [2.24, 2.45) is 5.92 Å². The molecule has 2 nitrogen and oxygen atoms in total. The lowest BCUT2D eigenvalue weighted by Crippen LogP contribution is -2.19. The van der Waals surface area contributed by atoms with Crippen molar-refractivity contribution in [1.82, 2.24) is 0 Å². The van der Waals surface area contributed by atoms with Gasteiger partial charge in [0.2, 0.25) is 5.91 Å². The molecule has 2 heteroatoms. The third kappa shape index (κ3) is 2.18. The number of hydrogen-bond donors (Lipinski definition) is 1. The van der Waals surface area contributed by atoms with Gasteiger partial charge in [-0.1, -0.05) is 45.7 Å². The van der Waals surface area contributed by atoms with Gasteiger partial charge in [-0.05, 0) is 41.4 Å². The second-order valence-electron chi connectivity index (χ2n) is 7.06. The summed E-state index contributed by atoms with van der Waals surface area (Å²) in [5.41, 5.74) is 3.74. The fraction of sp³-hybridized carbons (Fsp3) is 0.588. The van der Waals surface area contributed by atoms with Crippen molar-refractivity contribution in [3.63, 3.8) is 0 Å². The van der Waals surface area contributed by atoms with E-state index < -0.39 is 0 Å². The van der Waals surface area contributed by atoms with E-state index in [1.165, 1.54) is 36.8 Å². The molecule has 3 rings (SSSR count). The Labute approximate surface area is 115 Å². The molecule has 1 aromatic rings. The van der Waals surface area contributed by atoms with E-state index >= 15 is 0 Å². The van der Waals surface area contributed by atoms with Crippen LogP contribution in [0.2, 0.25) is 0 Å². The number of amides is 1. The van der Waals surface area contributed by atoms with Crippen LogP contribution in [0.5, 0.6) is 0 Å². The zero-order valence-corrected chi connectivity index (χ0v) is 12.1. The lowest BCUT2D eigenvalue weighted by atomic mass is 9.81. The fourth-order valence-electron chi connectivity index (χ4n) is 3.51. The van der Waals surface area contributed by atoms with Crippen LogP contribution < -0.4 is 5.32 Å². The van der Waals surface area contributed by atoms with Crippen molar-refractivity contribution < 1.29 is 4.79 Å². The van der Waals surface area contributed by atoms with Crippen LogP contribution in [0.25, 0.3) is 0 Å². The highest BCUT2D eigenvalue weighted by Crippen LogP contribution is 2.45. The van der Waals surface area contributed by atoms with Crippen LogP contribution in [0.15, 0.2) is 18.2 Å². The zero-order valence-electron chi connectivity index (χ0n) is 12.1. The maximum Gasteiger partial charge on any atom is 0.232 e. The first-order chi connectivity index (χ1) is 8.97. The van der Waals surface area contributed by atoms with Gasteiger partial charge in [0.1, 0.15) is 0 Å². The van der Waals surface area contributed by atoms with E-state index in [9.17, 15) is 4.79 Å². The summed E-state index contributed by atoms with van der Waals surface area (Å²) in [7, 11) is 0. The number of carbonyl (C=O) groups excluding carboxylic acids is 1. The molecular weight excluding hydrogens is 234 g/mol. The maximum atomic E-state index is 12.3. The minimum Gasteiger partial charge on any atom is -0.325 e. The van der Waals surface area contributed by atoms with Gasteiger partial charge in [-0.2, -0.15) is 0 Å². The second kappa shape index (κ2) is 4.36. The Morgan fingerprint density at radius 3 is 2.47 bits per heavy atom. The predicted octanol–water partition coefficient (Wildman–Crippen LogP) is 4.21. The van der Waals surface area contributed by atoms with Crippen LogP contribution in [-0.4, -0.2) is 5.91 Å². The van der Waals surface area contributed by atoms with Gasteiger partial charge in [-0.15, -0.1) is 0 Å². The molecule has 1 N–H and O–H groups in total. The summed E-state index contributed by atoms with van der Waals surface area (Å²) in [5, 5.41) is 3.06. The first-order valence-electron chi connectivity index (χ1n) is 7.42. The Hall–Kier alpha value is -1.31. The normalized spacial score (nSPS) is 23.5. The van der Waals surface area contributed by atoms with Gasteiger partial charge in [0.15, 0.2) is 0 Å². The molecule has 0 spiro atoms. The van der Waals surface area contributed by atoms with Crippen molar-refractivity contribution in [3.05, 3.63) is 29.3 Å². The van der Waals surface area contributed by atoms with Gasteiger partial charge in [-0.3, -0.25) is 4.79 Å². The van der Waals surface area contributed by atoms with E-state index in [0.29, 0.717) is 5.92 Å². The van der Waals surface area contributed by atoms with Crippen LogP contribution in [0.1, 0.15) is 63.5 Å². The number of benzene rings is 1. The lowest BCUT2D eigenvalue weighted by Gasteiger charge is -2.22. The molecule has 19 heavy (non-hydrogen) atoms. The molecule has 1 heterocycles. The Balaban J connectivity index is 2.00. The van der Waals surface area contributed by atoms with Crippen LogP contribution in [0.3, 0.4) is 0 Å². The molecule has 2 aliphatic rings. The van der Waals surface area contributed by atoms with Crippen molar-refractivity contribution in [2.75, 3.05) is 5.32 Å². The Bertz CT molecular complexity index is 506. The highest BCUT2D eigenvalue weighted by Gasteiger charge is 2.38. The molecule has 102 valence electrons. The SMILES string of the molecule is CC(C)(C)c1ccc2c(c1)C(C1CCCC1)C(=O)N2. The summed E-state index contributed by atoms with van der Waals surface area (Å²) in [6.07, 6.45) is 4.97. The molecule has 0 saturated heterocycles. The number of nitrogens with one attached hydrogen (secondary N) is 1. The highest BCUT2D eigenvalue weighted by molar-refractivity contribution is 6.03. The Morgan fingerprint density at radius 1 is 1.16 bits per heavy atom. The minimum atomic E-state index is 0.0970. The molecule has 1 aliphatic carbocycles. The monoisotopic (exact) mass is 257 g/mol. The van der Waals surface area contributed by atoms with E-state index in [4.69, 9.17) is 0 Å². The molecule has 0 bridgehead atoms. The standard InChI is InChI=1S/C17H23NO/c1-17(2,3)12-8-9-14-13(10-12)15(16(19)18-14)11-6-4-5-7-11/h8-11,15H,4-7H2,1-3H3,(H,18,19). The summed E-state index contributed by atoms with van der Waals surface area (Å²) in [4.78, 5) is 12.3. The first kappa shape index (κ1) is 12.7. The van der Waals surface area contributed by atoms with Crippen LogP contribution in [-0.2, 0) is 10.2 Å². The molecule has 1 aliphatic heterocycles. The van der Waals surface area contributed by atoms with Crippen molar-refractivity contribution in [1.29, 1.82) is 0 Å². The van der Waals surface area contributed by atoms with Crippen LogP contribution >= 0.6 is 0 Å². The summed E-state index contributed by atoms with van der Waals surface area (Å²) < 4.78 is 0. The van der Waals surface area contributed by atoms with Crippen molar-refractivity contribution in [3.8, 4) is 0 Å². The smallest absolute Gasteiger partial charge is 0.232 e. The first-order valence-corrected chi connectivity index (χ1v) is 7.42. The second-order valence-corrected chi connectivity index (χ2v) is 7.06. The van der Waals surface area contributed by atoms with Crippen LogP contribution in [0.4, 0.5) is 5.69 Å². The molecule has 1 atom stereocenters. The van der Waals surface area contributed by atoms with Gasteiger partial charge in [0.05, 0.1) is 5.92 Å². The van der Waals surface area contributed by atoms with Gasteiger partial charge in [0, 0.05) is 5.69 Å². The summed E-state index contributed by atoms with van der Waals surface area (Å²) >= 11 is 0. The number of anilines is 1. The topological polar surface area (TPSA) is 29.1 Å². The molecule has 0 radical (unpaired) electrons. The maximum absolute atomic E-state index is 12.3. The number of rotatable bonds is 1. The third-order valence-electron chi connectivity index (χ3n) is 4.66. The van der Waals surface area contributed by atoms with Gasteiger partial charge in [0.25, 0.3) is 0 Å². The summed E-state index contributed by atoms with van der Waals surface area (Å²) in [6.45, 7) is 6.68. The van der Waals surface area contributed by atoms with Crippen LogP contribution in [0, 0.1) is 5.92 Å². The zero-order chi connectivity index (χ0) is 13.6. The van der Waals surface area contributed by atoms with Crippen molar-refractivity contribution >= 4 is 11.6 Å². The summed E-state index contributed by atoms with van der Waals surface area (Å²) in [5.74, 6) is 0.865. The molecule has 1 amide bonds. The van der Waals surface area contributed by atoms with E-state index in [0.717, 1.165) is 5.69 Å². The van der Waals surface area contributed by atoms with E-state index in [2.05, 4.69) is 44.3 Å². The predicted molar refractivity (Wildman–Crippen MR) is 78.5 cm³/mol. The molecule has 1 fully saturated rings. The third-order valence-corrected chi connectivity index (χ3v) is 4.66. The summed E-state index contributed by atoms with van der Waals surface area (Å²) in [6, 6.07) is 6.50. The lowest BCUT2D eigenvalue weighted by molar-refractivity contribution is -0.118. The number of hydrogen-bond acceptors (Lipinski definition) is 1. The highest BCUT2D eigenvalue weighted by atomic mass is 16.2. The largest absolute Gasteiger partial charge is 0.325 e. The molecule has 1 aromatic carbocycles. The molecule has 1 saturated carbocycles. The van der Waals surface area contributed by atoms with Gasteiger partial charge in [-0.25, -0.2) is 0 Å². The molecular formula is C17H23NO. The van der Waals surface area contributed by atoms with Gasteiger partial charge >= 0.3 is 0 Å². The average molecular weight is 257 g/mol. The van der Waals surface area contributed by atoms with Crippen molar-refractivity contribution in [2.45, 2.75) is 57.8 Å². The average Bonchev–Trinajstić information content (AvgIpc) is 2.92. The quantitative estimate of drug-likeness (QED) is 0.802. The van der Waals surface area contributed by atoms with E-state index in [-0.39, 0.29) is 17.2 Å². The number of carbonyl (C=O) groups is 1. The fourth-order valence-corrected chi connectivity index (χ4v) is 3.51. The molecule has 0 aromatic heterocycles. The Morgan fingerprint density at radius 2 is 1.84 bits per heavy atom. The van der Waals surface area contributed by atoms with E-state index in [1.54, 1.807) is 0 Å². The number of fused-ring (bicyclic) bond motifs is 1. The van der Waals surface area contributed by atoms with Gasteiger partial charge < -0.3 is 5.32 Å². The minimum absolute atomic E-state index is 0.0970. The molecule has 1 unspecified atom stereocenters.